The molecule has 0 bridgehead atoms. The molecule has 3 rings (SSSR count). The molecule has 0 spiro atoms. The molecular formula is C18H26Cl2FN3O. The van der Waals surface area contributed by atoms with Gasteiger partial charge in [0, 0.05) is 49.7 Å². The van der Waals surface area contributed by atoms with Gasteiger partial charge in [0.2, 0.25) is 5.91 Å². The fourth-order valence-corrected chi connectivity index (χ4v) is 3.86. The van der Waals surface area contributed by atoms with Crippen molar-refractivity contribution in [2.24, 2.45) is 5.92 Å². The summed E-state index contributed by atoms with van der Waals surface area (Å²) in [4.78, 5) is 16.9. The monoisotopic (exact) mass is 389 g/mol. The molecule has 0 aliphatic carbocycles. The van der Waals surface area contributed by atoms with Gasteiger partial charge in [0.15, 0.2) is 0 Å². The fourth-order valence-electron chi connectivity index (χ4n) is 3.63. The van der Waals surface area contributed by atoms with Crippen molar-refractivity contribution in [2.45, 2.75) is 32.4 Å². The lowest BCUT2D eigenvalue weighted by molar-refractivity contribution is -0.138. The standard InChI is InChI=1S/C18H25ClFN3O.ClH/c1-13-10-14(4-5-21-13)18(24)23-8-6-22(7-9-23)12-15-2-3-16(20)11-17(15)19;/h2-3,11,13-14,21H,4-10,12H2,1H3;1H/t13-,14-;/m0./s1. The maximum Gasteiger partial charge on any atom is 0.225 e. The second-order valence-corrected chi connectivity index (χ2v) is 7.32. The molecule has 1 N–H and O–H groups in total. The Morgan fingerprint density at radius 1 is 1.32 bits per heavy atom. The predicted molar refractivity (Wildman–Crippen MR) is 101 cm³/mol. The number of benzene rings is 1. The van der Waals surface area contributed by atoms with Crippen molar-refractivity contribution in [1.82, 2.24) is 15.1 Å². The van der Waals surface area contributed by atoms with Crippen LogP contribution in [0, 0.1) is 11.7 Å². The number of piperidine rings is 1. The Balaban J connectivity index is 0.00000225. The van der Waals surface area contributed by atoms with Crippen molar-refractivity contribution < 1.29 is 9.18 Å². The van der Waals surface area contributed by atoms with Crippen molar-refractivity contribution in [2.75, 3.05) is 32.7 Å². The summed E-state index contributed by atoms with van der Waals surface area (Å²) in [6.45, 7) is 6.96. The van der Waals surface area contributed by atoms with Gasteiger partial charge in [-0.1, -0.05) is 17.7 Å². The highest BCUT2D eigenvalue weighted by Gasteiger charge is 2.30. The lowest BCUT2D eigenvalue weighted by Gasteiger charge is -2.38. The van der Waals surface area contributed by atoms with E-state index in [2.05, 4.69) is 17.1 Å². The number of carbonyl (C=O) groups excluding carboxylic acids is 1. The summed E-state index contributed by atoms with van der Waals surface area (Å²) < 4.78 is 13.1. The van der Waals surface area contributed by atoms with Gasteiger partial charge in [-0.25, -0.2) is 4.39 Å². The molecule has 2 aliphatic heterocycles. The first-order chi connectivity index (χ1) is 11.5. The van der Waals surface area contributed by atoms with Crippen molar-refractivity contribution >= 4 is 29.9 Å². The summed E-state index contributed by atoms with van der Waals surface area (Å²) in [6, 6.07) is 4.97. The molecule has 1 amide bonds. The van der Waals surface area contributed by atoms with Crippen LogP contribution in [-0.2, 0) is 11.3 Å². The zero-order valence-electron chi connectivity index (χ0n) is 14.5. The van der Waals surface area contributed by atoms with Crippen LogP contribution in [0.3, 0.4) is 0 Å². The minimum atomic E-state index is -0.310. The van der Waals surface area contributed by atoms with E-state index in [1.807, 2.05) is 4.90 Å². The van der Waals surface area contributed by atoms with Crippen molar-refractivity contribution in [3.63, 3.8) is 0 Å². The van der Waals surface area contributed by atoms with Crippen LogP contribution in [0.5, 0.6) is 0 Å². The molecule has 0 radical (unpaired) electrons. The number of carbonyl (C=O) groups is 1. The second-order valence-electron chi connectivity index (χ2n) is 6.91. The van der Waals surface area contributed by atoms with Gasteiger partial charge in [0.05, 0.1) is 0 Å². The highest BCUT2D eigenvalue weighted by atomic mass is 35.5. The van der Waals surface area contributed by atoms with Gasteiger partial charge in [0.1, 0.15) is 5.82 Å². The SMILES string of the molecule is C[C@H]1C[C@@H](C(=O)N2CCN(Cc3ccc(F)cc3Cl)CC2)CCN1.Cl. The molecule has 2 saturated heterocycles. The van der Waals surface area contributed by atoms with E-state index in [4.69, 9.17) is 11.6 Å². The minimum Gasteiger partial charge on any atom is -0.340 e. The van der Waals surface area contributed by atoms with Crippen LogP contribution in [0.4, 0.5) is 4.39 Å². The molecule has 2 fully saturated rings. The highest BCUT2D eigenvalue weighted by molar-refractivity contribution is 6.31. The van der Waals surface area contributed by atoms with Crippen molar-refractivity contribution in [1.29, 1.82) is 0 Å². The third-order valence-electron chi connectivity index (χ3n) is 5.07. The summed E-state index contributed by atoms with van der Waals surface area (Å²) in [5, 5.41) is 3.86. The van der Waals surface area contributed by atoms with E-state index in [1.165, 1.54) is 12.1 Å². The molecule has 25 heavy (non-hydrogen) atoms. The molecule has 1 aromatic carbocycles. The van der Waals surface area contributed by atoms with Gasteiger partial charge in [-0.3, -0.25) is 9.69 Å². The maximum atomic E-state index is 13.1. The molecule has 7 heteroatoms. The summed E-state index contributed by atoms with van der Waals surface area (Å²) in [5.74, 6) is 0.164. The molecule has 0 aromatic heterocycles. The number of nitrogens with zero attached hydrogens (tertiary/aromatic N) is 2. The minimum absolute atomic E-state index is 0. The van der Waals surface area contributed by atoms with E-state index in [1.54, 1.807) is 6.07 Å². The molecule has 1 aromatic rings. The molecule has 140 valence electrons. The Labute approximate surface area is 160 Å². The molecule has 2 heterocycles. The normalized spacial score (nSPS) is 24.7. The Bertz CT molecular complexity index is 594. The smallest absolute Gasteiger partial charge is 0.225 e. The van der Waals surface area contributed by atoms with Crippen LogP contribution < -0.4 is 5.32 Å². The molecule has 2 aliphatic rings. The maximum absolute atomic E-state index is 13.1. The number of piperazine rings is 1. The molecular weight excluding hydrogens is 364 g/mol. The molecule has 2 atom stereocenters. The zero-order valence-corrected chi connectivity index (χ0v) is 16.1. The first-order valence-corrected chi connectivity index (χ1v) is 9.09. The van der Waals surface area contributed by atoms with Crippen molar-refractivity contribution in [3.05, 3.63) is 34.6 Å². The van der Waals surface area contributed by atoms with Crippen molar-refractivity contribution in [3.8, 4) is 0 Å². The van der Waals surface area contributed by atoms with Gasteiger partial charge in [0.25, 0.3) is 0 Å². The Morgan fingerprint density at radius 3 is 2.68 bits per heavy atom. The van der Waals surface area contributed by atoms with Crippen LogP contribution in [0.15, 0.2) is 18.2 Å². The van der Waals surface area contributed by atoms with Gasteiger partial charge in [-0.05, 0) is 44.0 Å². The average molecular weight is 390 g/mol. The Morgan fingerprint density at radius 2 is 2.04 bits per heavy atom. The molecule has 0 unspecified atom stereocenters. The van der Waals surface area contributed by atoms with Gasteiger partial charge < -0.3 is 10.2 Å². The highest BCUT2D eigenvalue weighted by Crippen LogP contribution is 2.22. The largest absolute Gasteiger partial charge is 0.340 e. The number of halogens is 3. The topological polar surface area (TPSA) is 35.6 Å². The van der Waals surface area contributed by atoms with Crippen LogP contribution >= 0.6 is 24.0 Å². The number of amides is 1. The summed E-state index contributed by atoms with van der Waals surface area (Å²) in [6.07, 6.45) is 1.87. The number of hydrogen-bond acceptors (Lipinski definition) is 3. The summed E-state index contributed by atoms with van der Waals surface area (Å²) >= 11 is 6.11. The number of hydrogen-bond donors (Lipinski definition) is 1. The third kappa shape index (κ3) is 5.30. The number of nitrogens with one attached hydrogen (secondary N) is 1. The quantitative estimate of drug-likeness (QED) is 0.862. The first kappa shape index (κ1) is 20.4. The molecule has 4 nitrogen and oxygen atoms in total. The zero-order chi connectivity index (χ0) is 17.1. The van der Waals surface area contributed by atoms with Gasteiger partial charge >= 0.3 is 0 Å². The summed E-state index contributed by atoms with van der Waals surface area (Å²) in [7, 11) is 0. The Hall–Kier alpha value is -0.880. The lowest BCUT2D eigenvalue weighted by atomic mass is 9.92. The van der Waals surface area contributed by atoms with Crippen LogP contribution in [0.1, 0.15) is 25.3 Å². The van der Waals surface area contributed by atoms with Crippen LogP contribution in [0.2, 0.25) is 5.02 Å². The lowest BCUT2D eigenvalue weighted by Crippen LogP contribution is -2.51. The van der Waals surface area contributed by atoms with Gasteiger partial charge in [-0.2, -0.15) is 0 Å². The van der Waals surface area contributed by atoms with Gasteiger partial charge in [-0.15, -0.1) is 12.4 Å². The first-order valence-electron chi connectivity index (χ1n) is 8.71. The Kier molecular flexibility index (Phi) is 7.50. The number of rotatable bonds is 3. The van der Waals surface area contributed by atoms with Crippen LogP contribution in [0.25, 0.3) is 0 Å². The van der Waals surface area contributed by atoms with E-state index in [9.17, 15) is 9.18 Å². The third-order valence-corrected chi connectivity index (χ3v) is 5.42. The van der Waals surface area contributed by atoms with E-state index >= 15 is 0 Å². The van der Waals surface area contributed by atoms with E-state index in [0.29, 0.717) is 23.5 Å². The second kappa shape index (κ2) is 9.17. The predicted octanol–water partition coefficient (Wildman–Crippen LogP) is 2.93. The van der Waals surface area contributed by atoms with E-state index in [-0.39, 0.29) is 24.1 Å². The van der Waals surface area contributed by atoms with E-state index in [0.717, 1.165) is 51.1 Å². The summed E-state index contributed by atoms with van der Waals surface area (Å²) in [5.41, 5.74) is 0.935. The van der Waals surface area contributed by atoms with E-state index < -0.39 is 0 Å². The van der Waals surface area contributed by atoms with Crippen LogP contribution in [-0.4, -0.2) is 54.5 Å². The fraction of sp³-hybridized carbons (Fsp3) is 0.611. The average Bonchev–Trinajstić information content (AvgIpc) is 2.57. The molecule has 0 saturated carbocycles.